The van der Waals surface area contributed by atoms with Crippen molar-refractivity contribution >= 4 is 86.6 Å². The highest BCUT2D eigenvalue weighted by molar-refractivity contribution is 8.76. The van der Waals surface area contributed by atoms with Crippen LogP contribution in [0.3, 0.4) is 0 Å². The van der Waals surface area contributed by atoms with Crippen LogP contribution in [0, 0.1) is 11.8 Å². The van der Waals surface area contributed by atoms with Gasteiger partial charge in [0.15, 0.2) is 0 Å². The molecule has 1 aromatic carbocycles. The van der Waals surface area contributed by atoms with Crippen molar-refractivity contribution in [2.24, 2.45) is 34.8 Å². The van der Waals surface area contributed by atoms with E-state index < -0.39 is 139 Å². The third kappa shape index (κ3) is 19.4. The molecule has 2 heterocycles. The summed E-state index contributed by atoms with van der Waals surface area (Å²) in [6.07, 6.45) is -0.997. The van der Waals surface area contributed by atoms with E-state index in [1.807, 2.05) is 13.8 Å². The molecule has 0 bridgehead atoms. The van der Waals surface area contributed by atoms with Gasteiger partial charge in [-0.25, -0.2) is 0 Å². The lowest BCUT2D eigenvalue weighted by atomic mass is 10.00. The Balaban J connectivity index is 2.05. The first-order chi connectivity index (χ1) is 32.4. The van der Waals surface area contributed by atoms with E-state index in [1.165, 1.54) is 29.2 Å². The summed E-state index contributed by atoms with van der Waals surface area (Å²) in [7, 11) is 2.05. The summed E-state index contributed by atoms with van der Waals surface area (Å²) >= 11 is 0. The molecule has 26 heteroatoms. The lowest BCUT2D eigenvalue weighted by Crippen LogP contribution is -2.61. The predicted octanol–water partition coefficient (Wildman–Crippen LogP) is -3.61. The minimum Gasteiger partial charge on any atom is -0.508 e. The maximum absolute atomic E-state index is 14.5. The molecule has 0 aliphatic carbocycles. The molecule has 2 saturated heterocycles. The molecule has 3 rings (SSSR count). The smallest absolute Gasteiger partial charge is 0.246 e. The number of primary amides is 3. The van der Waals surface area contributed by atoms with Crippen molar-refractivity contribution in [3.63, 3.8) is 0 Å². The van der Waals surface area contributed by atoms with E-state index >= 15 is 0 Å². The molecule has 11 amide bonds. The quantitative estimate of drug-likeness (QED) is 0.0671. The maximum atomic E-state index is 14.5. The lowest BCUT2D eigenvalue weighted by molar-refractivity contribution is -0.142. The molecular weight excluding hydrogens is 941 g/mol. The fraction of sp³-hybridized carbons (Fsp3) is 0.605. The Morgan fingerprint density at radius 2 is 1.32 bits per heavy atom. The molecule has 24 nitrogen and oxygen atoms in total. The fourth-order valence-electron chi connectivity index (χ4n) is 7.37. The first-order valence-corrected chi connectivity index (χ1v) is 25.0. The van der Waals surface area contributed by atoms with Gasteiger partial charge in [0.2, 0.25) is 65.0 Å². The monoisotopic (exact) mass is 1010 g/mol. The molecule has 8 atom stereocenters. The Morgan fingerprint density at radius 3 is 1.93 bits per heavy atom. The Kier molecular flexibility index (Phi) is 23.0. The van der Waals surface area contributed by atoms with Crippen LogP contribution >= 0.6 is 21.6 Å². The number of nitrogens with two attached hydrogens (primary N) is 4. The van der Waals surface area contributed by atoms with Crippen molar-refractivity contribution in [1.29, 1.82) is 0 Å². The molecule has 69 heavy (non-hydrogen) atoms. The first-order valence-electron chi connectivity index (χ1n) is 22.5. The highest BCUT2D eigenvalue weighted by atomic mass is 33.1. The molecule has 2 aliphatic heterocycles. The number of hydrogen-bond donors (Lipinski definition) is 12. The van der Waals surface area contributed by atoms with Gasteiger partial charge in [-0.15, -0.1) is 0 Å². The van der Waals surface area contributed by atoms with Gasteiger partial charge >= 0.3 is 0 Å². The summed E-state index contributed by atoms with van der Waals surface area (Å²) in [5.41, 5.74) is 22.9. The molecule has 0 radical (unpaired) electrons. The number of nitrogens with one attached hydrogen (secondary N) is 7. The second-order valence-corrected chi connectivity index (χ2v) is 20.3. The average Bonchev–Trinajstić information content (AvgIpc) is 3.77. The van der Waals surface area contributed by atoms with E-state index in [-0.39, 0.29) is 61.3 Å². The Bertz CT molecular complexity index is 2040. The zero-order valence-electron chi connectivity index (χ0n) is 39.1. The summed E-state index contributed by atoms with van der Waals surface area (Å²) in [5.74, 6) is -10.0. The second-order valence-electron chi connectivity index (χ2n) is 17.7. The van der Waals surface area contributed by atoms with Gasteiger partial charge in [-0.1, -0.05) is 61.4 Å². The third-order valence-electron chi connectivity index (χ3n) is 10.8. The third-order valence-corrected chi connectivity index (χ3v) is 13.3. The fourth-order valence-corrected chi connectivity index (χ4v) is 9.65. The summed E-state index contributed by atoms with van der Waals surface area (Å²) in [5, 5.41) is 27.7. The van der Waals surface area contributed by atoms with Gasteiger partial charge in [-0.3, -0.25) is 52.7 Å². The van der Waals surface area contributed by atoms with Gasteiger partial charge in [-0.05, 0) is 61.6 Å². The van der Waals surface area contributed by atoms with Gasteiger partial charge in [-0.2, -0.15) is 0 Å². The van der Waals surface area contributed by atoms with Gasteiger partial charge in [0.05, 0.1) is 19.0 Å². The number of phenols is 1. The van der Waals surface area contributed by atoms with Crippen LogP contribution in [-0.4, -0.2) is 148 Å². The molecule has 2 fully saturated rings. The van der Waals surface area contributed by atoms with Crippen molar-refractivity contribution < 1.29 is 57.8 Å². The molecule has 382 valence electrons. The minimum absolute atomic E-state index is 0.0292. The van der Waals surface area contributed by atoms with E-state index in [4.69, 9.17) is 22.9 Å². The van der Waals surface area contributed by atoms with Gasteiger partial charge in [0.25, 0.3) is 0 Å². The minimum atomic E-state index is -1.75. The van der Waals surface area contributed by atoms with Gasteiger partial charge in [0.1, 0.15) is 48.0 Å². The second kappa shape index (κ2) is 27.7. The number of carbonyl (C=O) groups excluding carboxylic acids is 11. The van der Waals surface area contributed by atoms with E-state index in [2.05, 4.69) is 37.2 Å². The SMILES string of the molecule is CC(C)CC1NC(=O)C(Cc2ccc(O)cc2)NC(=O)C(N)CSSCC(C(=O)N2CCCC2C(=O)NC(CC(C)C)C(=O)NCC(N)=O)NC(=O)C(CC(N)=O)NC(=O)C(CCC(N)=O)NC1=O. The number of aromatic hydroxyl groups is 1. The molecule has 0 spiro atoms. The zero-order chi connectivity index (χ0) is 51.5. The zero-order valence-corrected chi connectivity index (χ0v) is 40.7. The van der Waals surface area contributed by atoms with E-state index in [1.54, 1.807) is 13.8 Å². The Hall–Kier alpha value is -6.15. The summed E-state index contributed by atoms with van der Waals surface area (Å²) in [4.78, 5) is 148. The van der Waals surface area contributed by atoms with Crippen molar-refractivity contribution in [1.82, 2.24) is 42.1 Å². The van der Waals surface area contributed by atoms with Crippen LogP contribution in [0.5, 0.6) is 5.75 Å². The summed E-state index contributed by atoms with van der Waals surface area (Å²) < 4.78 is 0. The van der Waals surface area contributed by atoms with Crippen molar-refractivity contribution in [2.45, 2.75) is 127 Å². The highest BCUT2D eigenvalue weighted by Gasteiger charge is 2.41. The molecule has 16 N–H and O–H groups in total. The van der Waals surface area contributed by atoms with Crippen LogP contribution < -0.4 is 60.2 Å². The predicted molar refractivity (Wildman–Crippen MR) is 254 cm³/mol. The number of carbonyl (C=O) groups is 11. The Morgan fingerprint density at radius 1 is 0.739 bits per heavy atom. The Labute approximate surface area is 407 Å². The van der Waals surface area contributed by atoms with Crippen LogP contribution in [0.25, 0.3) is 0 Å². The maximum Gasteiger partial charge on any atom is 0.246 e. The molecule has 0 aromatic heterocycles. The average molecular weight is 1010 g/mol. The number of likely N-dealkylation sites (tertiary alicyclic amines) is 1. The van der Waals surface area contributed by atoms with E-state index in [9.17, 15) is 57.8 Å². The number of nitrogens with zero attached hydrogens (tertiary/aromatic N) is 1. The topological polar surface area (TPSA) is 400 Å². The van der Waals surface area contributed by atoms with Gasteiger partial charge < -0.3 is 70.2 Å². The molecule has 1 aromatic rings. The van der Waals surface area contributed by atoms with Crippen LogP contribution in [0.4, 0.5) is 0 Å². The van der Waals surface area contributed by atoms with Gasteiger partial charge in [0, 0.05) is 30.9 Å². The van der Waals surface area contributed by atoms with Crippen LogP contribution in [0.1, 0.15) is 78.2 Å². The molecule has 8 unspecified atom stereocenters. The number of hydrogen-bond acceptors (Lipinski definition) is 15. The largest absolute Gasteiger partial charge is 0.508 e. The number of benzene rings is 1. The molecule has 2 aliphatic rings. The molecular formula is C43H66N12O12S2. The number of amides is 11. The summed E-state index contributed by atoms with van der Waals surface area (Å²) in [6, 6.07) is -5.03. The lowest BCUT2D eigenvalue weighted by Gasteiger charge is -2.31. The van der Waals surface area contributed by atoms with Crippen LogP contribution in [0.2, 0.25) is 0 Å². The first kappa shape index (κ1) is 57.2. The summed E-state index contributed by atoms with van der Waals surface area (Å²) in [6.45, 7) is 6.74. The van der Waals surface area contributed by atoms with Crippen LogP contribution in [-0.2, 0) is 59.2 Å². The van der Waals surface area contributed by atoms with Crippen LogP contribution in [0.15, 0.2) is 24.3 Å². The normalized spacial score (nSPS) is 23.9. The molecule has 0 saturated carbocycles. The van der Waals surface area contributed by atoms with Crippen molar-refractivity contribution in [2.75, 3.05) is 24.6 Å². The highest BCUT2D eigenvalue weighted by Crippen LogP contribution is 2.26. The van der Waals surface area contributed by atoms with Crippen molar-refractivity contribution in [3.8, 4) is 5.75 Å². The van der Waals surface area contributed by atoms with Crippen molar-refractivity contribution in [3.05, 3.63) is 29.8 Å². The van der Waals surface area contributed by atoms with E-state index in [0.29, 0.717) is 12.0 Å². The number of phenolic OH excluding ortho intramolecular Hbond substituents is 1. The number of rotatable bonds is 17. The van der Waals surface area contributed by atoms with E-state index in [0.717, 1.165) is 21.6 Å². The standard InChI is InChI=1S/C43H66N12O12S2/c1-21(2)14-27(37(61)48-18-35(47)59)53-42(66)32-6-5-13-55(32)43(67)31-20-69-68-19-25(44)36(60)50-29(16-23-7-9-24(56)10-8-23)40(64)51-28(15-22(3)4)39(63)49-26(11-12-33(45)57)38(62)52-30(17-34(46)58)41(65)54-31/h7-10,21-22,25-32,56H,5-6,11-20,44H2,1-4H3,(H2,45,57)(H2,46,58)(H2,47,59)(H,48,61)(H,49,63)(H,50,60)(H,51,64)(H,52,62)(H,53,66)(H,54,65).